The van der Waals surface area contributed by atoms with Crippen molar-refractivity contribution in [1.82, 2.24) is 0 Å². The van der Waals surface area contributed by atoms with Gasteiger partial charge in [-0.3, -0.25) is 4.79 Å². The van der Waals surface area contributed by atoms with E-state index in [4.69, 9.17) is 4.74 Å². The van der Waals surface area contributed by atoms with Crippen LogP contribution >= 0.6 is 0 Å². The molecule has 1 aliphatic carbocycles. The van der Waals surface area contributed by atoms with Gasteiger partial charge >= 0.3 is 0 Å². The summed E-state index contributed by atoms with van der Waals surface area (Å²) in [7, 11) is 6.73. The Kier molecular flexibility index (Phi) is 4.77. The number of ether oxygens (including phenoxy) is 1. The molecule has 0 radical (unpaired) electrons. The molecule has 2 fully saturated rings. The van der Waals surface area contributed by atoms with Crippen LogP contribution in [-0.2, 0) is 9.53 Å². The normalized spacial score (nSPS) is 35.2. The quantitative estimate of drug-likeness (QED) is 0.411. The number of hydrogen-bond donors (Lipinski definition) is 0. The first-order chi connectivity index (χ1) is 6.98. The van der Waals surface area contributed by atoms with Gasteiger partial charge in [0.15, 0.2) is 0 Å². The van der Waals surface area contributed by atoms with Crippen LogP contribution < -0.4 is 24.0 Å². The van der Waals surface area contributed by atoms with E-state index >= 15 is 0 Å². The zero-order chi connectivity index (χ0) is 11.1. The maximum absolute atomic E-state index is 11.6. The summed E-state index contributed by atoms with van der Waals surface area (Å²) >= 11 is 0. The summed E-state index contributed by atoms with van der Waals surface area (Å²) in [5.74, 6) is 1.46. The first-order valence-corrected chi connectivity index (χ1v) is 5.89. The standard InChI is InChI=1S/C12H22NO2.HI/c1-13(2,3)12-9-4-5-11(14)6-10(12)8-15-7-9;/h9-10,12H,4-8H2,1-3H3;1H/q+1;/p-1. The van der Waals surface area contributed by atoms with Crippen LogP contribution in [0.5, 0.6) is 0 Å². The lowest BCUT2D eigenvalue weighted by Crippen LogP contribution is -3.00. The average Bonchev–Trinajstić information content (AvgIpc) is 2.21. The zero-order valence-electron chi connectivity index (χ0n) is 10.4. The maximum atomic E-state index is 11.6. The number of halogens is 1. The molecule has 2 aliphatic rings. The highest BCUT2D eigenvalue weighted by Crippen LogP contribution is 2.35. The third-order valence-electron chi connectivity index (χ3n) is 3.81. The Labute approximate surface area is 115 Å². The van der Waals surface area contributed by atoms with Gasteiger partial charge in [-0.1, -0.05) is 0 Å². The second kappa shape index (κ2) is 5.31. The number of carbonyl (C=O) groups is 1. The monoisotopic (exact) mass is 339 g/mol. The van der Waals surface area contributed by atoms with Crippen LogP contribution in [0.15, 0.2) is 0 Å². The summed E-state index contributed by atoms with van der Waals surface area (Å²) in [5, 5.41) is 0. The number of hydrogen-bond acceptors (Lipinski definition) is 2. The second-order valence-corrected chi connectivity index (χ2v) is 5.95. The molecule has 94 valence electrons. The molecule has 0 aromatic carbocycles. The predicted octanol–water partition coefficient (Wildman–Crippen LogP) is -1.92. The second-order valence-electron chi connectivity index (χ2n) is 5.95. The van der Waals surface area contributed by atoms with E-state index in [1.54, 1.807) is 0 Å². The Morgan fingerprint density at radius 1 is 1.19 bits per heavy atom. The van der Waals surface area contributed by atoms with Gasteiger partial charge in [-0.05, 0) is 6.42 Å². The Bertz CT molecular complexity index is 262. The lowest BCUT2D eigenvalue weighted by molar-refractivity contribution is -0.905. The summed E-state index contributed by atoms with van der Waals surface area (Å²) in [4.78, 5) is 11.6. The molecule has 0 N–H and O–H groups in total. The number of nitrogens with zero attached hydrogens (tertiary/aromatic N) is 1. The largest absolute Gasteiger partial charge is 1.00 e. The molecule has 0 aromatic heterocycles. The fraction of sp³-hybridized carbons (Fsp3) is 0.917. The Hall–Kier alpha value is 0.320. The number of quaternary nitrogens is 1. The molecule has 2 rings (SSSR count). The summed E-state index contributed by atoms with van der Waals surface area (Å²) in [5.41, 5.74) is 0. The number of rotatable bonds is 1. The van der Waals surface area contributed by atoms with Gasteiger partial charge in [0.2, 0.25) is 0 Å². The molecule has 1 aliphatic heterocycles. The Balaban J connectivity index is 0.00000128. The minimum absolute atomic E-state index is 0. The highest BCUT2D eigenvalue weighted by Gasteiger charge is 2.45. The van der Waals surface area contributed by atoms with Gasteiger partial charge in [0.1, 0.15) is 5.78 Å². The van der Waals surface area contributed by atoms with Gasteiger partial charge in [-0.15, -0.1) is 0 Å². The predicted molar refractivity (Wildman–Crippen MR) is 58.5 cm³/mol. The van der Waals surface area contributed by atoms with E-state index < -0.39 is 0 Å². The van der Waals surface area contributed by atoms with Gasteiger partial charge in [0.05, 0.1) is 40.4 Å². The van der Waals surface area contributed by atoms with Gasteiger partial charge in [-0.2, -0.15) is 0 Å². The molecule has 0 amide bonds. The Morgan fingerprint density at radius 3 is 2.44 bits per heavy atom. The molecule has 16 heavy (non-hydrogen) atoms. The van der Waals surface area contributed by atoms with Gasteiger partial charge in [0.25, 0.3) is 0 Å². The van der Waals surface area contributed by atoms with E-state index in [1.807, 2.05) is 0 Å². The molecule has 3 atom stereocenters. The van der Waals surface area contributed by atoms with Crippen LogP contribution in [0.1, 0.15) is 19.3 Å². The molecular weight excluding hydrogens is 317 g/mol. The molecule has 2 bridgehead atoms. The van der Waals surface area contributed by atoms with Crippen LogP contribution in [0.4, 0.5) is 0 Å². The van der Waals surface area contributed by atoms with E-state index in [2.05, 4.69) is 21.1 Å². The van der Waals surface area contributed by atoms with Gasteiger partial charge in [-0.25, -0.2) is 0 Å². The molecule has 4 heteroatoms. The van der Waals surface area contributed by atoms with Crippen LogP contribution in [-0.4, -0.2) is 50.7 Å². The van der Waals surface area contributed by atoms with Crippen molar-refractivity contribution in [2.45, 2.75) is 25.3 Å². The van der Waals surface area contributed by atoms with Crippen molar-refractivity contribution >= 4 is 5.78 Å². The smallest absolute Gasteiger partial charge is 0.133 e. The van der Waals surface area contributed by atoms with Gasteiger partial charge in [0, 0.05) is 24.7 Å². The number of Topliss-reactive ketones (excluding diaryl/α,β-unsaturated/α-hetero) is 1. The summed E-state index contributed by atoms with van der Waals surface area (Å²) in [6, 6.07) is 0.602. The van der Waals surface area contributed by atoms with E-state index in [0.29, 0.717) is 23.7 Å². The molecule has 1 saturated carbocycles. The SMILES string of the molecule is C[N+](C)(C)C1C2CCC(=O)CC1COC2.[I-]. The van der Waals surface area contributed by atoms with E-state index in [0.717, 1.165) is 37.0 Å². The van der Waals surface area contributed by atoms with Crippen LogP contribution in [0.3, 0.4) is 0 Å². The van der Waals surface area contributed by atoms with E-state index in [1.165, 1.54) is 0 Å². The minimum Gasteiger partial charge on any atom is -1.00 e. The van der Waals surface area contributed by atoms with E-state index in [-0.39, 0.29) is 24.0 Å². The zero-order valence-corrected chi connectivity index (χ0v) is 12.6. The van der Waals surface area contributed by atoms with Crippen molar-refractivity contribution in [3.63, 3.8) is 0 Å². The topological polar surface area (TPSA) is 26.3 Å². The lowest BCUT2D eigenvalue weighted by atomic mass is 9.84. The molecule has 0 aromatic rings. The minimum atomic E-state index is 0. The van der Waals surface area contributed by atoms with Crippen LogP contribution in [0, 0.1) is 11.8 Å². The summed E-state index contributed by atoms with van der Waals surface area (Å²) in [6.07, 6.45) is 2.52. The van der Waals surface area contributed by atoms with Crippen molar-refractivity contribution in [3.8, 4) is 0 Å². The summed E-state index contributed by atoms with van der Waals surface area (Å²) < 4.78 is 6.59. The number of ketones is 1. The van der Waals surface area contributed by atoms with Crippen LogP contribution in [0.2, 0.25) is 0 Å². The average molecular weight is 339 g/mol. The molecule has 0 spiro atoms. The highest BCUT2D eigenvalue weighted by molar-refractivity contribution is 5.79. The number of fused-ring (bicyclic) bond motifs is 2. The Morgan fingerprint density at radius 2 is 1.81 bits per heavy atom. The fourth-order valence-electron chi connectivity index (χ4n) is 3.39. The fourth-order valence-corrected chi connectivity index (χ4v) is 3.39. The van der Waals surface area contributed by atoms with Crippen molar-refractivity contribution in [2.75, 3.05) is 34.4 Å². The molecular formula is C12H22INO2. The third kappa shape index (κ3) is 2.96. The molecule has 1 heterocycles. The number of carbonyl (C=O) groups excluding carboxylic acids is 1. The van der Waals surface area contributed by atoms with Crippen molar-refractivity contribution in [1.29, 1.82) is 0 Å². The van der Waals surface area contributed by atoms with E-state index in [9.17, 15) is 4.79 Å². The maximum Gasteiger partial charge on any atom is 0.133 e. The first-order valence-electron chi connectivity index (χ1n) is 5.89. The van der Waals surface area contributed by atoms with Crippen molar-refractivity contribution < 1.29 is 38.0 Å². The van der Waals surface area contributed by atoms with Crippen LogP contribution in [0.25, 0.3) is 0 Å². The lowest BCUT2D eigenvalue weighted by Gasteiger charge is -2.44. The molecule has 1 saturated heterocycles. The molecule has 3 unspecified atom stereocenters. The molecule has 3 nitrogen and oxygen atoms in total. The third-order valence-corrected chi connectivity index (χ3v) is 3.81. The summed E-state index contributed by atoms with van der Waals surface area (Å²) in [6.45, 7) is 1.63. The van der Waals surface area contributed by atoms with Gasteiger partial charge < -0.3 is 33.2 Å². The highest BCUT2D eigenvalue weighted by atomic mass is 127. The first kappa shape index (κ1) is 14.4. The van der Waals surface area contributed by atoms with Crippen molar-refractivity contribution in [3.05, 3.63) is 0 Å². The van der Waals surface area contributed by atoms with Crippen molar-refractivity contribution in [2.24, 2.45) is 11.8 Å².